The van der Waals surface area contributed by atoms with E-state index < -0.39 is 17.8 Å². The average Bonchev–Trinajstić information content (AvgIpc) is 2.54. The molecule has 0 radical (unpaired) electrons. The first-order chi connectivity index (χ1) is 11.4. The number of hydrogen-bond acceptors (Lipinski definition) is 6. The van der Waals surface area contributed by atoms with Gasteiger partial charge in [0.05, 0.1) is 19.0 Å². The van der Waals surface area contributed by atoms with Crippen LogP contribution in [0.1, 0.15) is 20.3 Å². The number of carbonyl (C=O) groups excluding carboxylic acids is 1. The van der Waals surface area contributed by atoms with Crippen LogP contribution in [0.2, 0.25) is 0 Å². The van der Waals surface area contributed by atoms with Crippen LogP contribution in [0.25, 0.3) is 11.3 Å². The van der Waals surface area contributed by atoms with Crippen molar-refractivity contribution >= 4 is 11.9 Å². The Balaban J connectivity index is 2.25. The van der Waals surface area contributed by atoms with E-state index >= 15 is 0 Å². The third-order valence-corrected chi connectivity index (χ3v) is 3.36. The maximum absolute atomic E-state index is 13.8. The van der Waals surface area contributed by atoms with Gasteiger partial charge in [0.2, 0.25) is 11.9 Å². The van der Waals surface area contributed by atoms with Crippen LogP contribution in [0.3, 0.4) is 0 Å². The fourth-order valence-corrected chi connectivity index (χ4v) is 2.20. The summed E-state index contributed by atoms with van der Waals surface area (Å²) in [5, 5.41) is 10.6. The Bertz CT molecular complexity index is 723. The minimum Gasteiger partial charge on any atom is -0.494 e. The van der Waals surface area contributed by atoms with Crippen molar-refractivity contribution in [2.45, 2.75) is 26.3 Å². The van der Waals surface area contributed by atoms with Gasteiger partial charge in [0.15, 0.2) is 11.6 Å². The van der Waals surface area contributed by atoms with Crippen LogP contribution in [0, 0.1) is 11.7 Å². The second-order valence-electron chi connectivity index (χ2n) is 5.74. The molecule has 0 unspecified atom stereocenters. The molecule has 2 aromatic rings. The molecule has 1 amide bonds. The van der Waals surface area contributed by atoms with Gasteiger partial charge in [-0.05, 0) is 30.5 Å². The first-order valence-electron chi connectivity index (χ1n) is 7.50. The molecule has 1 aromatic heterocycles. The van der Waals surface area contributed by atoms with Gasteiger partial charge in [-0.2, -0.15) is 5.10 Å². The molecule has 1 atom stereocenters. The van der Waals surface area contributed by atoms with E-state index in [9.17, 15) is 9.18 Å². The molecule has 24 heavy (non-hydrogen) atoms. The van der Waals surface area contributed by atoms with E-state index in [0.29, 0.717) is 17.7 Å². The van der Waals surface area contributed by atoms with Gasteiger partial charge in [-0.25, -0.2) is 9.37 Å². The van der Waals surface area contributed by atoms with Crippen LogP contribution < -0.4 is 15.8 Å². The molecule has 3 N–H and O–H groups in total. The van der Waals surface area contributed by atoms with Crippen LogP contribution in [-0.4, -0.2) is 34.2 Å². The van der Waals surface area contributed by atoms with Gasteiger partial charge in [-0.15, -0.1) is 5.10 Å². The number of carbonyl (C=O) groups is 1. The fraction of sp³-hybridized carbons (Fsp3) is 0.375. The first kappa shape index (κ1) is 17.6. The molecule has 2 rings (SSSR count). The van der Waals surface area contributed by atoms with Crippen molar-refractivity contribution in [2.75, 3.05) is 12.4 Å². The summed E-state index contributed by atoms with van der Waals surface area (Å²) in [5.74, 6) is -0.425. The molecule has 0 bridgehead atoms. The average molecular weight is 333 g/mol. The number of aromatic nitrogens is 3. The predicted octanol–water partition coefficient (Wildman–Crippen LogP) is 2.00. The number of anilines is 1. The van der Waals surface area contributed by atoms with E-state index in [1.165, 1.54) is 25.4 Å². The second kappa shape index (κ2) is 7.67. The molecule has 0 saturated carbocycles. The zero-order valence-electron chi connectivity index (χ0n) is 13.8. The Labute approximate surface area is 139 Å². The van der Waals surface area contributed by atoms with E-state index in [1.807, 2.05) is 13.8 Å². The molecule has 0 aliphatic carbocycles. The van der Waals surface area contributed by atoms with Crippen LogP contribution in [0.4, 0.5) is 10.3 Å². The van der Waals surface area contributed by atoms with Crippen molar-refractivity contribution in [3.05, 3.63) is 30.2 Å². The van der Waals surface area contributed by atoms with Crippen molar-refractivity contribution in [3.8, 4) is 17.0 Å². The van der Waals surface area contributed by atoms with E-state index in [1.54, 1.807) is 6.07 Å². The Morgan fingerprint density at radius 1 is 1.42 bits per heavy atom. The van der Waals surface area contributed by atoms with E-state index in [-0.39, 0.29) is 17.6 Å². The standard InChI is InChI=1S/C16H20FN5O2/c1-9(2)6-12(15(18)23)20-16-21-13(8-19-22-16)10-4-5-14(24-3)11(17)7-10/h4-5,7-9,12H,6H2,1-3H3,(H2,18,23)(H,20,21,22)/t12-/m0/s1. The third kappa shape index (κ3) is 4.37. The molecule has 1 heterocycles. The number of nitrogens with one attached hydrogen (secondary N) is 1. The molecular formula is C16H20FN5O2. The van der Waals surface area contributed by atoms with E-state index in [2.05, 4.69) is 20.5 Å². The second-order valence-corrected chi connectivity index (χ2v) is 5.74. The molecule has 0 aliphatic rings. The van der Waals surface area contributed by atoms with Crippen molar-refractivity contribution < 1.29 is 13.9 Å². The van der Waals surface area contributed by atoms with Gasteiger partial charge in [-0.3, -0.25) is 4.79 Å². The maximum atomic E-state index is 13.8. The highest BCUT2D eigenvalue weighted by molar-refractivity contribution is 5.82. The first-order valence-corrected chi connectivity index (χ1v) is 7.50. The minimum absolute atomic E-state index is 0.143. The Kier molecular flexibility index (Phi) is 5.62. The molecule has 0 fully saturated rings. The summed E-state index contributed by atoms with van der Waals surface area (Å²) in [7, 11) is 1.39. The zero-order valence-corrected chi connectivity index (χ0v) is 13.8. The number of benzene rings is 1. The summed E-state index contributed by atoms with van der Waals surface area (Å²) >= 11 is 0. The summed E-state index contributed by atoms with van der Waals surface area (Å²) in [6, 6.07) is 3.86. The lowest BCUT2D eigenvalue weighted by molar-refractivity contribution is -0.119. The Morgan fingerprint density at radius 2 is 2.17 bits per heavy atom. The molecule has 0 aliphatic heterocycles. The summed E-state index contributed by atoms with van der Waals surface area (Å²) in [6.45, 7) is 3.96. The molecule has 8 heteroatoms. The monoisotopic (exact) mass is 333 g/mol. The Morgan fingerprint density at radius 3 is 2.75 bits per heavy atom. The van der Waals surface area contributed by atoms with Gasteiger partial charge >= 0.3 is 0 Å². The number of nitrogens with zero attached hydrogens (tertiary/aromatic N) is 3. The van der Waals surface area contributed by atoms with Crippen molar-refractivity contribution in [1.29, 1.82) is 0 Å². The van der Waals surface area contributed by atoms with Crippen molar-refractivity contribution in [1.82, 2.24) is 15.2 Å². The predicted molar refractivity (Wildman–Crippen MR) is 87.8 cm³/mol. The lowest BCUT2D eigenvalue weighted by atomic mass is 10.0. The van der Waals surface area contributed by atoms with E-state index in [4.69, 9.17) is 10.5 Å². The van der Waals surface area contributed by atoms with Crippen LogP contribution in [0.5, 0.6) is 5.75 Å². The minimum atomic E-state index is -0.602. The van der Waals surface area contributed by atoms with Gasteiger partial charge in [0.25, 0.3) is 0 Å². The highest BCUT2D eigenvalue weighted by atomic mass is 19.1. The highest BCUT2D eigenvalue weighted by Crippen LogP contribution is 2.24. The summed E-state index contributed by atoms with van der Waals surface area (Å²) in [6.07, 6.45) is 1.95. The fourth-order valence-electron chi connectivity index (χ4n) is 2.20. The molecule has 128 valence electrons. The highest BCUT2D eigenvalue weighted by Gasteiger charge is 2.18. The van der Waals surface area contributed by atoms with Gasteiger partial charge in [-0.1, -0.05) is 13.8 Å². The molecule has 0 spiro atoms. The molecular weight excluding hydrogens is 313 g/mol. The number of amides is 1. The molecule has 1 aromatic carbocycles. The number of halogens is 1. The van der Waals surface area contributed by atoms with Gasteiger partial charge in [0.1, 0.15) is 6.04 Å². The number of hydrogen-bond donors (Lipinski definition) is 2. The number of nitrogens with two attached hydrogens (primary N) is 1. The summed E-state index contributed by atoms with van der Waals surface area (Å²) in [4.78, 5) is 15.8. The topological polar surface area (TPSA) is 103 Å². The number of ether oxygens (including phenoxy) is 1. The van der Waals surface area contributed by atoms with Crippen molar-refractivity contribution in [3.63, 3.8) is 0 Å². The van der Waals surface area contributed by atoms with E-state index in [0.717, 1.165) is 0 Å². The SMILES string of the molecule is COc1ccc(-c2cnnc(N[C@@H](CC(C)C)C(N)=O)n2)cc1F. The third-order valence-electron chi connectivity index (χ3n) is 3.36. The quantitative estimate of drug-likeness (QED) is 0.803. The van der Waals surface area contributed by atoms with Crippen LogP contribution >= 0.6 is 0 Å². The Hall–Kier alpha value is -2.77. The lowest BCUT2D eigenvalue weighted by Gasteiger charge is -2.17. The maximum Gasteiger partial charge on any atom is 0.243 e. The normalized spacial score (nSPS) is 12.0. The number of rotatable bonds is 7. The van der Waals surface area contributed by atoms with Crippen LogP contribution in [0.15, 0.2) is 24.4 Å². The lowest BCUT2D eigenvalue weighted by Crippen LogP contribution is -2.37. The molecule has 0 saturated heterocycles. The number of primary amides is 1. The van der Waals surface area contributed by atoms with Gasteiger partial charge < -0.3 is 15.8 Å². The van der Waals surface area contributed by atoms with Gasteiger partial charge in [0, 0.05) is 5.56 Å². The zero-order chi connectivity index (χ0) is 17.7. The summed E-state index contributed by atoms with van der Waals surface area (Å²) < 4.78 is 18.7. The largest absolute Gasteiger partial charge is 0.494 e. The van der Waals surface area contributed by atoms with Crippen molar-refractivity contribution in [2.24, 2.45) is 11.7 Å². The number of methoxy groups -OCH3 is 1. The van der Waals surface area contributed by atoms with Crippen LogP contribution in [-0.2, 0) is 4.79 Å². The summed E-state index contributed by atoms with van der Waals surface area (Å²) in [5.41, 5.74) is 6.33. The molecule has 7 nitrogen and oxygen atoms in total. The smallest absolute Gasteiger partial charge is 0.243 e.